The number of sulfonamides is 1. The Kier molecular flexibility index (Phi) is 3.28. The van der Waals surface area contributed by atoms with Gasteiger partial charge in [0.25, 0.3) is 15.9 Å². The minimum atomic E-state index is -3.83. The van der Waals surface area contributed by atoms with E-state index < -0.39 is 16.1 Å². The largest absolute Gasteiger partial charge is 0.479 e. The molecule has 0 fully saturated rings. The lowest BCUT2D eigenvalue weighted by Crippen LogP contribution is -2.34. The second-order valence-electron chi connectivity index (χ2n) is 4.84. The molecule has 0 saturated heterocycles. The van der Waals surface area contributed by atoms with Gasteiger partial charge in [-0.2, -0.15) is 0 Å². The molecule has 0 spiro atoms. The Morgan fingerprint density at radius 1 is 1.32 bits per heavy atom. The molecule has 1 amide bonds. The summed E-state index contributed by atoms with van der Waals surface area (Å²) in [5.41, 5.74) is 0.430. The van der Waals surface area contributed by atoms with Gasteiger partial charge < -0.3 is 14.6 Å². The van der Waals surface area contributed by atoms with Gasteiger partial charge in [0.2, 0.25) is 0 Å². The molecule has 0 bridgehead atoms. The van der Waals surface area contributed by atoms with Gasteiger partial charge in [-0.15, -0.1) is 0 Å². The molecule has 1 aliphatic heterocycles. The summed E-state index contributed by atoms with van der Waals surface area (Å²) in [6, 6.07) is 5.66. The first-order valence-corrected chi connectivity index (χ1v) is 7.91. The van der Waals surface area contributed by atoms with Crippen LogP contribution in [-0.2, 0) is 14.8 Å². The number of rotatable bonds is 3. The number of amides is 1. The van der Waals surface area contributed by atoms with Gasteiger partial charge in [0.1, 0.15) is 11.5 Å². The fourth-order valence-electron chi connectivity index (χ4n) is 1.96. The SMILES string of the molecule is Cc1cc(NS(=O)(=O)c2ccc3c(c2)O[C@@H](C)C(=O)N3)no1. The number of fused-ring (bicyclic) bond motifs is 1. The average molecular weight is 323 g/mol. The second-order valence-corrected chi connectivity index (χ2v) is 6.52. The highest BCUT2D eigenvalue weighted by molar-refractivity contribution is 7.92. The number of hydrogen-bond acceptors (Lipinski definition) is 6. The van der Waals surface area contributed by atoms with Gasteiger partial charge in [-0.25, -0.2) is 8.42 Å². The highest BCUT2D eigenvalue weighted by Crippen LogP contribution is 2.32. The molecule has 0 radical (unpaired) electrons. The monoisotopic (exact) mass is 323 g/mol. The molecule has 1 aliphatic rings. The Labute approximate surface area is 126 Å². The number of anilines is 2. The number of aromatic nitrogens is 1. The molecule has 8 nitrogen and oxygen atoms in total. The number of carbonyl (C=O) groups excluding carboxylic acids is 1. The molecule has 22 heavy (non-hydrogen) atoms. The van der Waals surface area contributed by atoms with Gasteiger partial charge in [0.15, 0.2) is 11.9 Å². The summed E-state index contributed by atoms with van der Waals surface area (Å²) >= 11 is 0. The Bertz CT molecular complexity index is 843. The van der Waals surface area contributed by atoms with Crippen LogP contribution in [0.1, 0.15) is 12.7 Å². The van der Waals surface area contributed by atoms with Crippen molar-refractivity contribution in [1.82, 2.24) is 5.16 Å². The van der Waals surface area contributed by atoms with E-state index in [9.17, 15) is 13.2 Å². The van der Waals surface area contributed by atoms with E-state index in [-0.39, 0.29) is 16.6 Å². The van der Waals surface area contributed by atoms with Crippen molar-refractivity contribution in [3.63, 3.8) is 0 Å². The van der Waals surface area contributed by atoms with Crippen LogP contribution in [0.3, 0.4) is 0 Å². The third kappa shape index (κ3) is 2.62. The molecule has 1 aromatic carbocycles. The van der Waals surface area contributed by atoms with Crippen LogP contribution in [0.4, 0.5) is 11.5 Å². The normalized spacial score (nSPS) is 17.4. The highest BCUT2D eigenvalue weighted by atomic mass is 32.2. The van der Waals surface area contributed by atoms with Crippen molar-refractivity contribution in [2.24, 2.45) is 0 Å². The van der Waals surface area contributed by atoms with Gasteiger partial charge >= 0.3 is 0 Å². The van der Waals surface area contributed by atoms with E-state index in [0.29, 0.717) is 17.2 Å². The third-order valence-corrected chi connectivity index (χ3v) is 4.41. The van der Waals surface area contributed by atoms with Gasteiger partial charge in [-0.3, -0.25) is 9.52 Å². The van der Waals surface area contributed by atoms with E-state index in [4.69, 9.17) is 9.26 Å². The van der Waals surface area contributed by atoms with E-state index in [1.165, 1.54) is 24.3 Å². The maximum Gasteiger partial charge on any atom is 0.265 e. The first kappa shape index (κ1) is 14.4. The van der Waals surface area contributed by atoms with E-state index in [0.717, 1.165) is 0 Å². The maximum atomic E-state index is 12.3. The van der Waals surface area contributed by atoms with Crippen LogP contribution in [0.5, 0.6) is 5.75 Å². The molecule has 9 heteroatoms. The van der Waals surface area contributed by atoms with E-state index in [1.807, 2.05) is 0 Å². The van der Waals surface area contributed by atoms with Gasteiger partial charge in [-0.05, 0) is 26.0 Å². The molecular formula is C13H13N3O5S. The van der Waals surface area contributed by atoms with Crippen molar-refractivity contribution in [1.29, 1.82) is 0 Å². The average Bonchev–Trinajstić information content (AvgIpc) is 2.84. The molecule has 1 atom stereocenters. The van der Waals surface area contributed by atoms with Crippen LogP contribution < -0.4 is 14.8 Å². The lowest BCUT2D eigenvalue weighted by Gasteiger charge is -2.23. The van der Waals surface area contributed by atoms with Crippen molar-refractivity contribution in [3.8, 4) is 5.75 Å². The first-order valence-electron chi connectivity index (χ1n) is 6.43. The number of benzene rings is 1. The zero-order valence-corrected chi connectivity index (χ0v) is 12.6. The summed E-state index contributed by atoms with van der Waals surface area (Å²) in [5, 5.41) is 6.22. The van der Waals surface area contributed by atoms with Crippen molar-refractivity contribution in [2.45, 2.75) is 24.8 Å². The fraction of sp³-hybridized carbons (Fsp3) is 0.231. The number of nitrogens with one attached hydrogen (secondary N) is 2. The zero-order valence-electron chi connectivity index (χ0n) is 11.8. The summed E-state index contributed by atoms with van der Waals surface area (Å²) in [4.78, 5) is 11.5. The van der Waals surface area contributed by atoms with E-state index in [2.05, 4.69) is 15.2 Å². The Balaban J connectivity index is 1.92. The molecule has 0 unspecified atom stereocenters. The van der Waals surface area contributed by atoms with Crippen molar-refractivity contribution >= 4 is 27.4 Å². The minimum absolute atomic E-state index is 0.00440. The third-order valence-electron chi connectivity index (χ3n) is 3.06. The molecule has 3 rings (SSSR count). The second kappa shape index (κ2) is 5.02. The lowest BCUT2D eigenvalue weighted by atomic mass is 10.2. The molecule has 116 valence electrons. The number of carbonyl (C=O) groups is 1. The first-order chi connectivity index (χ1) is 10.3. The topological polar surface area (TPSA) is 111 Å². The molecule has 2 heterocycles. The summed E-state index contributed by atoms with van der Waals surface area (Å²) in [5.74, 6) is 0.603. The molecular weight excluding hydrogens is 310 g/mol. The van der Waals surface area contributed by atoms with E-state index in [1.54, 1.807) is 13.8 Å². The van der Waals surface area contributed by atoms with Gasteiger partial charge in [-0.1, -0.05) is 5.16 Å². The van der Waals surface area contributed by atoms with E-state index >= 15 is 0 Å². The van der Waals surface area contributed by atoms with Crippen LogP contribution in [0.25, 0.3) is 0 Å². The van der Waals surface area contributed by atoms with Crippen LogP contribution in [-0.4, -0.2) is 25.6 Å². The highest BCUT2D eigenvalue weighted by Gasteiger charge is 2.26. The molecule has 0 saturated carbocycles. The lowest BCUT2D eigenvalue weighted by molar-refractivity contribution is -0.122. The minimum Gasteiger partial charge on any atom is -0.479 e. The quantitative estimate of drug-likeness (QED) is 0.885. The van der Waals surface area contributed by atoms with Crippen LogP contribution >= 0.6 is 0 Å². The maximum absolute atomic E-state index is 12.3. The molecule has 1 aromatic heterocycles. The summed E-state index contributed by atoms with van der Waals surface area (Å²) in [7, 11) is -3.83. The summed E-state index contributed by atoms with van der Waals surface area (Å²) in [6.07, 6.45) is -0.684. The predicted molar refractivity (Wildman–Crippen MR) is 77.2 cm³/mol. The number of nitrogens with zero attached hydrogens (tertiary/aromatic N) is 1. The van der Waals surface area contributed by atoms with Gasteiger partial charge in [0, 0.05) is 12.1 Å². The standard InChI is InChI=1S/C13H13N3O5S/c1-7-5-12(15-21-7)16-22(18,19)9-3-4-10-11(6-9)20-8(2)13(17)14-10/h3-6,8H,1-2H3,(H,14,17)(H,15,16)/t8-/m0/s1. The predicted octanol–water partition coefficient (Wildman–Crippen LogP) is 1.50. The zero-order chi connectivity index (χ0) is 15.9. The molecule has 2 N–H and O–H groups in total. The summed E-state index contributed by atoms with van der Waals surface area (Å²) in [6.45, 7) is 3.23. The van der Waals surface area contributed by atoms with Crippen LogP contribution in [0.2, 0.25) is 0 Å². The fourth-order valence-corrected chi connectivity index (χ4v) is 2.96. The molecule has 2 aromatic rings. The Hall–Kier alpha value is -2.55. The smallest absolute Gasteiger partial charge is 0.265 e. The Morgan fingerprint density at radius 2 is 2.09 bits per heavy atom. The Morgan fingerprint density at radius 3 is 2.77 bits per heavy atom. The number of ether oxygens (including phenoxy) is 1. The van der Waals surface area contributed by atoms with Crippen LogP contribution in [0.15, 0.2) is 33.7 Å². The summed E-state index contributed by atoms with van der Waals surface area (Å²) < 4.78 is 37.1. The van der Waals surface area contributed by atoms with Crippen molar-refractivity contribution < 1.29 is 22.5 Å². The molecule has 0 aliphatic carbocycles. The van der Waals surface area contributed by atoms with Crippen LogP contribution in [0, 0.1) is 6.92 Å². The van der Waals surface area contributed by atoms with Crippen molar-refractivity contribution in [2.75, 3.05) is 10.0 Å². The van der Waals surface area contributed by atoms with Gasteiger partial charge in [0.05, 0.1) is 10.6 Å². The van der Waals surface area contributed by atoms with Crippen molar-refractivity contribution in [3.05, 3.63) is 30.0 Å². The number of aryl methyl sites for hydroxylation is 1. The number of hydrogen-bond donors (Lipinski definition) is 2.